The van der Waals surface area contributed by atoms with Crippen LogP contribution in [0.4, 0.5) is 8.78 Å². The number of aryl methyl sites for hydroxylation is 1. The fraction of sp³-hybridized carbons (Fsp3) is 0.167. The summed E-state index contributed by atoms with van der Waals surface area (Å²) in [6.45, 7) is 1.93. The first-order chi connectivity index (χ1) is 8.00. The van der Waals surface area contributed by atoms with Crippen LogP contribution < -0.4 is 5.73 Å². The predicted molar refractivity (Wildman–Crippen MR) is 69.1 cm³/mol. The molecular formula is C12H10BrF2NS. The van der Waals surface area contributed by atoms with Gasteiger partial charge >= 0.3 is 0 Å². The average Bonchev–Trinajstić information content (AvgIpc) is 2.62. The summed E-state index contributed by atoms with van der Waals surface area (Å²) in [7, 11) is 0. The molecule has 2 aromatic rings. The van der Waals surface area contributed by atoms with Gasteiger partial charge in [0.25, 0.3) is 0 Å². The minimum Gasteiger partial charge on any atom is -0.320 e. The molecule has 0 amide bonds. The van der Waals surface area contributed by atoms with Crippen LogP contribution in [0.1, 0.15) is 22.0 Å². The van der Waals surface area contributed by atoms with Crippen molar-refractivity contribution in [3.63, 3.8) is 0 Å². The quantitative estimate of drug-likeness (QED) is 0.884. The first kappa shape index (κ1) is 12.7. The molecule has 1 atom stereocenters. The summed E-state index contributed by atoms with van der Waals surface area (Å²) in [6, 6.07) is 5.29. The van der Waals surface area contributed by atoms with E-state index in [-0.39, 0.29) is 5.56 Å². The highest BCUT2D eigenvalue weighted by Gasteiger charge is 2.18. The lowest BCUT2D eigenvalue weighted by atomic mass is 10.1. The summed E-state index contributed by atoms with van der Waals surface area (Å²) < 4.78 is 27.6. The highest BCUT2D eigenvalue weighted by Crippen LogP contribution is 2.34. The Hall–Kier alpha value is -0.780. The Labute approximate surface area is 110 Å². The zero-order valence-corrected chi connectivity index (χ0v) is 11.4. The van der Waals surface area contributed by atoms with E-state index in [1.54, 1.807) is 0 Å². The Morgan fingerprint density at radius 2 is 2.06 bits per heavy atom. The standard InChI is InChI=1S/C12H10BrF2NS/c1-6-5-9(17-12(6)13)11(16)7-3-2-4-8(14)10(7)15/h2-5,11H,16H2,1H3. The zero-order valence-electron chi connectivity index (χ0n) is 9.01. The minimum absolute atomic E-state index is 0.179. The summed E-state index contributed by atoms with van der Waals surface area (Å²) in [5, 5.41) is 0. The molecule has 1 nitrogen and oxygen atoms in total. The van der Waals surface area contributed by atoms with Crippen LogP contribution in [0.15, 0.2) is 28.1 Å². The van der Waals surface area contributed by atoms with E-state index in [4.69, 9.17) is 5.73 Å². The van der Waals surface area contributed by atoms with E-state index in [0.29, 0.717) is 0 Å². The van der Waals surface area contributed by atoms with Gasteiger partial charge in [0.05, 0.1) is 9.83 Å². The van der Waals surface area contributed by atoms with Crippen LogP contribution in [0.5, 0.6) is 0 Å². The van der Waals surface area contributed by atoms with Gasteiger partial charge in [0.15, 0.2) is 11.6 Å². The zero-order chi connectivity index (χ0) is 12.6. The van der Waals surface area contributed by atoms with E-state index in [0.717, 1.165) is 20.3 Å². The maximum Gasteiger partial charge on any atom is 0.163 e. The molecule has 90 valence electrons. The van der Waals surface area contributed by atoms with Crippen LogP contribution in [0.25, 0.3) is 0 Å². The Morgan fingerprint density at radius 3 is 2.65 bits per heavy atom. The van der Waals surface area contributed by atoms with E-state index >= 15 is 0 Å². The highest BCUT2D eigenvalue weighted by molar-refractivity contribution is 9.11. The van der Waals surface area contributed by atoms with Crippen LogP contribution in [0.2, 0.25) is 0 Å². The maximum absolute atomic E-state index is 13.6. The molecule has 1 aromatic heterocycles. The molecule has 0 saturated carbocycles. The Bertz CT molecular complexity index is 534. The molecule has 0 fully saturated rings. The average molecular weight is 318 g/mol. The molecule has 1 aromatic carbocycles. The van der Waals surface area contributed by atoms with Gasteiger partial charge in [-0.15, -0.1) is 11.3 Å². The van der Waals surface area contributed by atoms with Gasteiger partial charge in [0.2, 0.25) is 0 Å². The SMILES string of the molecule is Cc1cc(C(N)c2cccc(F)c2F)sc1Br. The minimum atomic E-state index is -0.873. The Kier molecular flexibility index (Phi) is 3.61. The second-order valence-corrected chi connectivity index (χ2v) is 6.13. The van der Waals surface area contributed by atoms with E-state index in [9.17, 15) is 8.78 Å². The van der Waals surface area contributed by atoms with Crippen molar-refractivity contribution in [1.82, 2.24) is 0 Å². The van der Waals surface area contributed by atoms with Gasteiger partial charge in [-0.1, -0.05) is 12.1 Å². The smallest absolute Gasteiger partial charge is 0.163 e. The van der Waals surface area contributed by atoms with E-state index in [1.807, 2.05) is 13.0 Å². The Morgan fingerprint density at radius 1 is 1.35 bits per heavy atom. The van der Waals surface area contributed by atoms with Gasteiger partial charge in [-0.25, -0.2) is 8.78 Å². The van der Waals surface area contributed by atoms with Crippen molar-refractivity contribution in [2.45, 2.75) is 13.0 Å². The number of halogens is 3. The predicted octanol–water partition coefficient (Wildman–Crippen LogP) is 4.15. The third kappa shape index (κ3) is 2.41. The fourth-order valence-corrected chi connectivity index (χ4v) is 3.14. The molecule has 0 aliphatic carbocycles. The van der Waals surface area contributed by atoms with Crippen LogP contribution in [0.3, 0.4) is 0 Å². The van der Waals surface area contributed by atoms with Gasteiger partial charge in [0, 0.05) is 10.4 Å². The molecule has 0 aliphatic heterocycles. The van der Waals surface area contributed by atoms with Gasteiger partial charge in [0.1, 0.15) is 0 Å². The van der Waals surface area contributed by atoms with Crippen LogP contribution in [0, 0.1) is 18.6 Å². The number of thiophene rings is 1. The summed E-state index contributed by atoms with van der Waals surface area (Å²) >= 11 is 4.82. The molecule has 2 rings (SSSR count). The van der Waals surface area contributed by atoms with Crippen molar-refractivity contribution in [2.24, 2.45) is 5.73 Å². The fourth-order valence-electron chi connectivity index (χ4n) is 1.55. The lowest BCUT2D eigenvalue weighted by Crippen LogP contribution is -2.12. The van der Waals surface area contributed by atoms with E-state index in [2.05, 4.69) is 15.9 Å². The van der Waals surface area contributed by atoms with Gasteiger partial charge in [-0.05, 0) is 40.5 Å². The lowest BCUT2D eigenvalue weighted by Gasteiger charge is -2.11. The van der Waals surface area contributed by atoms with Crippen molar-refractivity contribution in [3.05, 3.63) is 55.7 Å². The van der Waals surface area contributed by atoms with Crippen LogP contribution in [-0.2, 0) is 0 Å². The lowest BCUT2D eigenvalue weighted by molar-refractivity contribution is 0.495. The topological polar surface area (TPSA) is 26.0 Å². The number of benzene rings is 1. The highest BCUT2D eigenvalue weighted by atomic mass is 79.9. The number of nitrogens with two attached hydrogens (primary N) is 1. The van der Waals surface area contributed by atoms with E-state index in [1.165, 1.54) is 23.5 Å². The molecule has 0 bridgehead atoms. The van der Waals surface area contributed by atoms with Gasteiger partial charge < -0.3 is 5.73 Å². The van der Waals surface area contributed by atoms with Gasteiger partial charge in [-0.3, -0.25) is 0 Å². The molecule has 0 saturated heterocycles. The second-order valence-electron chi connectivity index (χ2n) is 3.73. The number of hydrogen-bond acceptors (Lipinski definition) is 2. The molecule has 0 radical (unpaired) electrons. The third-order valence-electron chi connectivity index (χ3n) is 2.50. The largest absolute Gasteiger partial charge is 0.320 e. The molecule has 0 aliphatic rings. The normalized spacial score (nSPS) is 12.8. The monoisotopic (exact) mass is 317 g/mol. The van der Waals surface area contributed by atoms with E-state index < -0.39 is 17.7 Å². The van der Waals surface area contributed by atoms with Crippen LogP contribution in [-0.4, -0.2) is 0 Å². The number of hydrogen-bond donors (Lipinski definition) is 1. The second kappa shape index (κ2) is 4.84. The molecule has 0 spiro atoms. The molecule has 17 heavy (non-hydrogen) atoms. The van der Waals surface area contributed by atoms with Gasteiger partial charge in [-0.2, -0.15) is 0 Å². The summed E-state index contributed by atoms with van der Waals surface area (Å²) in [5.74, 6) is -1.74. The van der Waals surface area contributed by atoms with Crippen molar-refractivity contribution < 1.29 is 8.78 Å². The summed E-state index contributed by atoms with van der Waals surface area (Å²) in [5.41, 5.74) is 7.17. The maximum atomic E-state index is 13.6. The molecule has 1 unspecified atom stereocenters. The number of rotatable bonds is 2. The summed E-state index contributed by atoms with van der Waals surface area (Å²) in [4.78, 5) is 0.805. The van der Waals surface area contributed by atoms with Crippen molar-refractivity contribution in [2.75, 3.05) is 0 Å². The molecule has 1 heterocycles. The Balaban J connectivity index is 2.43. The van der Waals surface area contributed by atoms with Crippen molar-refractivity contribution in [1.29, 1.82) is 0 Å². The molecule has 2 N–H and O–H groups in total. The first-order valence-electron chi connectivity index (χ1n) is 4.96. The third-order valence-corrected chi connectivity index (χ3v) is 4.72. The molecular weight excluding hydrogens is 308 g/mol. The first-order valence-corrected chi connectivity index (χ1v) is 6.57. The van der Waals surface area contributed by atoms with Crippen molar-refractivity contribution >= 4 is 27.3 Å². The molecule has 5 heteroatoms. The summed E-state index contributed by atoms with van der Waals surface area (Å²) in [6.07, 6.45) is 0. The van der Waals surface area contributed by atoms with Crippen molar-refractivity contribution in [3.8, 4) is 0 Å². The van der Waals surface area contributed by atoms with Crippen LogP contribution >= 0.6 is 27.3 Å².